The van der Waals surface area contributed by atoms with Crippen LogP contribution in [0, 0.1) is 0 Å². The molecule has 4 rings (SSSR count). The molecule has 1 amide bonds. The predicted molar refractivity (Wildman–Crippen MR) is 113 cm³/mol. The van der Waals surface area contributed by atoms with Crippen molar-refractivity contribution in [3.63, 3.8) is 0 Å². The molecule has 2 aliphatic heterocycles. The van der Waals surface area contributed by atoms with Gasteiger partial charge in [-0.2, -0.15) is 0 Å². The van der Waals surface area contributed by atoms with E-state index in [0.717, 1.165) is 42.7 Å². The van der Waals surface area contributed by atoms with Crippen molar-refractivity contribution in [3.8, 4) is 11.5 Å². The first-order valence-electron chi connectivity index (χ1n) is 9.95. The minimum atomic E-state index is 0.0269. The molecular formula is C22H26N2O4S. The molecule has 2 aromatic rings. The zero-order valence-electron chi connectivity index (χ0n) is 16.3. The lowest BCUT2D eigenvalue weighted by Gasteiger charge is -2.35. The molecule has 2 aliphatic rings. The molecule has 6 nitrogen and oxygen atoms in total. The fourth-order valence-corrected chi connectivity index (χ4v) is 4.30. The highest BCUT2D eigenvalue weighted by atomic mass is 32.2. The van der Waals surface area contributed by atoms with Crippen molar-refractivity contribution in [1.82, 2.24) is 10.2 Å². The Morgan fingerprint density at radius 3 is 2.55 bits per heavy atom. The van der Waals surface area contributed by atoms with Gasteiger partial charge in [-0.3, -0.25) is 9.69 Å². The number of thioether (sulfide) groups is 1. The molecule has 0 bridgehead atoms. The number of carbonyl (C=O) groups is 1. The van der Waals surface area contributed by atoms with Gasteiger partial charge in [0.05, 0.1) is 25.0 Å². The monoisotopic (exact) mass is 414 g/mol. The number of fused-ring (bicyclic) bond motifs is 1. The van der Waals surface area contributed by atoms with Crippen molar-refractivity contribution in [2.24, 2.45) is 0 Å². The SMILES string of the molecule is O=C(CSc1ccc2c(c1)OCCO2)NC[C@@H](c1ccccc1)N1CCOCC1. The summed E-state index contributed by atoms with van der Waals surface area (Å²) in [6.45, 7) is 4.94. The number of ether oxygens (including phenoxy) is 3. The quantitative estimate of drug-likeness (QED) is 0.703. The summed E-state index contributed by atoms with van der Waals surface area (Å²) in [5, 5.41) is 3.11. The van der Waals surface area contributed by atoms with E-state index in [4.69, 9.17) is 14.2 Å². The molecule has 1 saturated heterocycles. The second-order valence-corrected chi connectivity index (χ2v) is 8.02. The minimum Gasteiger partial charge on any atom is -0.486 e. The number of amides is 1. The number of nitrogens with one attached hydrogen (secondary N) is 1. The molecule has 0 aliphatic carbocycles. The summed E-state index contributed by atoms with van der Waals surface area (Å²) in [5.41, 5.74) is 1.22. The lowest BCUT2D eigenvalue weighted by Crippen LogP contribution is -2.44. The van der Waals surface area contributed by atoms with Crippen LogP contribution >= 0.6 is 11.8 Å². The van der Waals surface area contributed by atoms with Crippen molar-refractivity contribution >= 4 is 17.7 Å². The van der Waals surface area contributed by atoms with Gasteiger partial charge in [-0.25, -0.2) is 0 Å². The molecule has 0 spiro atoms. The molecule has 0 aromatic heterocycles. The largest absolute Gasteiger partial charge is 0.486 e. The van der Waals surface area contributed by atoms with Crippen LogP contribution in [0.15, 0.2) is 53.4 Å². The van der Waals surface area contributed by atoms with E-state index in [1.165, 1.54) is 17.3 Å². The van der Waals surface area contributed by atoms with Crippen LogP contribution in [0.4, 0.5) is 0 Å². The van der Waals surface area contributed by atoms with Crippen LogP contribution in [-0.4, -0.2) is 62.6 Å². The predicted octanol–water partition coefficient (Wildman–Crippen LogP) is 2.74. The van der Waals surface area contributed by atoms with Crippen molar-refractivity contribution in [3.05, 3.63) is 54.1 Å². The van der Waals surface area contributed by atoms with Crippen LogP contribution < -0.4 is 14.8 Å². The number of nitrogens with zero attached hydrogens (tertiary/aromatic N) is 1. The Labute approximate surface area is 175 Å². The van der Waals surface area contributed by atoms with Crippen molar-refractivity contribution in [2.75, 3.05) is 51.8 Å². The fourth-order valence-electron chi connectivity index (χ4n) is 3.55. The van der Waals surface area contributed by atoms with Gasteiger partial charge < -0.3 is 19.5 Å². The summed E-state index contributed by atoms with van der Waals surface area (Å²) in [7, 11) is 0. The van der Waals surface area contributed by atoms with Gasteiger partial charge in [0.15, 0.2) is 11.5 Å². The van der Waals surface area contributed by atoms with E-state index in [2.05, 4.69) is 22.3 Å². The van der Waals surface area contributed by atoms with E-state index < -0.39 is 0 Å². The van der Waals surface area contributed by atoms with Crippen LogP contribution in [-0.2, 0) is 9.53 Å². The Bertz CT molecular complexity index is 812. The van der Waals surface area contributed by atoms with Gasteiger partial charge in [0.25, 0.3) is 0 Å². The molecule has 0 radical (unpaired) electrons. The number of morpholine rings is 1. The third kappa shape index (κ3) is 5.44. The summed E-state index contributed by atoms with van der Waals surface area (Å²) >= 11 is 1.50. The van der Waals surface area contributed by atoms with E-state index in [1.54, 1.807) is 0 Å². The highest BCUT2D eigenvalue weighted by Crippen LogP contribution is 2.34. The van der Waals surface area contributed by atoms with Crippen LogP contribution in [0.2, 0.25) is 0 Å². The van der Waals surface area contributed by atoms with E-state index in [-0.39, 0.29) is 11.9 Å². The number of benzene rings is 2. The van der Waals surface area contributed by atoms with E-state index in [9.17, 15) is 4.79 Å². The van der Waals surface area contributed by atoms with Gasteiger partial charge in [-0.05, 0) is 23.8 Å². The first-order chi connectivity index (χ1) is 14.3. The summed E-state index contributed by atoms with van der Waals surface area (Å²) in [6, 6.07) is 16.3. The van der Waals surface area contributed by atoms with Crippen LogP contribution in [0.1, 0.15) is 11.6 Å². The van der Waals surface area contributed by atoms with Gasteiger partial charge in [-0.1, -0.05) is 30.3 Å². The third-order valence-electron chi connectivity index (χ3n) is 5.05. The standard InChI is InChI=1S/C22H26N2O4S/c25-22(16-29-18-6-7-20-21(14-18)28-13-12-27-20)23-15-19(17-4-2-1-3-5-17)24-8-10-26-11-9-24/h1-7,14,19H,8-13,15-16H2,(H,23,25)/t19-/m0/s1. The Hall–Kier alpha value is -2.22. The molecule has 29 heavy (non-hydrogen) atoms. The summed E-state index contributed by atoms with van der Waals surface area (Å²) in [4.78, 5) is 15.9. The van der Waals surface area contributed by atoms with Crippen molar-refractivity contribution in [2.45, 2.75) is 10.9 Å². The van der Waals surface area contributed by atoms with Gasteiger partial charge in [0.1, 0.15) is 13.2 Å². The fraction of sp³-hybridized carbons (Fsp3) is 0.409. The normalized spacial score (nSPS) is 17.5. The lowest BCUT2D eigenvalue weighted by molar-refractivity contribution is -0.118. The van der Waals surface area contributed by atoms with Crippen molar-refractivity contribution in [1.29, 1.82) is 0 Å². The number of hydrogen-bond donors (Lipinski definition) is 1. The zero-order chi connectivity index (χ0) is 19.9. The summed E-state index contributed by atoms with van der Waals surface area (Å²) < 4.78 is 16.6. The first kappa shape index (κ1) is 20.1. The van der Waals surface area contributed by atoms with Gasteiger partial charge in [-0.15, -0.1) is 11.8 Å². The maximum atomic E-state index is 12.5. The molecule has 154 valence electrons. The van der Waals surface area contributed by atoms with Crippen LogP contribution in [0.25, 0.3) is 0 Å². The summed E-state index contributed by atoms with van der Waals surface area (Å²) in [5.74, 6) is 1.91. The Morgan fingerprint density at radius 2 is 1.76 bits per heavy atom. The number of carbonyl (C=O) groups excluding carboxylic acids is 1. The van der Waals surface area contributed by atoms with E-state index >= 15 is 0 Å². The lowest BCUT2D eigenvalue weighted by atomic mass is 10.0. The maximum absolute atomic E-state index is 12.5. The Kier molecular flexibility index (Phi) is 6.92. The third-order valence-corrected chi connectivity index (χ3v) is 6.04. The highest BCUT2D eigenvalue weighted by Gasteiger charge is 2.23. The van der Waals surface area contributed by atoms with Gasteiger partial charge in [0, 0.05) is 24.5 Å². The van der Waals surface area contributed by atoms with E-state index in [0.29, 0.717) is 25.5 Å². The first-order valence-corrected chi connectivity index (χ1v) is 10.9. The molecule has 2 aromatic carbocycles. The number of rotatable bonds is 7. The zero-order valence-corrected chi connectivity index (χ0v) is 17.2. The molecule has 1 atom stereocenters. The average Bonchev–Trinajstić information content (AvgIpc) is 2.79. The second kappa shape index (κ2) is 10.0. The van der Waals surface area contributed by atoms with Crippen LogP contribution in [0.5, 0.6) is 11.5 Å². The van der Waals surface area contributed by atoms with Gasteiger partial charge in [0.2, 0.25) is 5.91 Å². The van der Waals surface area contributed by atoms with Crippen molar-refractivity contribution < 1.29 is 19.0 Å². The molecule has 7 heteroatoms. The Morgan fingerprint density at radius 1 is 1.00 bits per heavy atom. The Balaban J connectivity index is 1.32. The van der Waals surface area contributed by atoms with Crippen LogP contribution in [0.3, 0.4) is 0 Å². The molecule has 0 saturated carbocycles. The van der Waals surface area contributed by atoms with Gasteiger partial charge >= 0.3 is 0 Å². The molecule has 1 N–H and O–H groups in total. The molecule has 0 unspecified atom stereocenters. The maximum Gasteiger partial charge on any atom is 0.230 e. The average molecular weight is 415 g/mol. The molecule has 2 heterocycles. The summed E-state index contributed by atoms with van der Waals surface area (Å²) in [6.07, 6.45) is 0. The molecular weight excluding hydrogens is 388 g/mol. The smallest absolute Gasteiger partial charge is 0.230 e. The topological polar surface area (TPSA) is 60.0 Å². The highest BCUT2D eigenvalue weighted by molar-refractivity contribution is 8.00. The van der Waals surface area contributed by atoms with E-state index in [1.807, 2.05) is 36.4 Å². The second-order valence-electron chi connectivity index (χ2n) is 6.97. The molecule has 1 fully saturated rings. The number of hydrogen-bond acceptors (Lipinski definition) is 6. The minimum absolute atomic E-state index is 0.0269.